The number of aromatic nitrogens is 4. The minimum atomic E-state index is 0.227. The molecule has 1 saturated carbocycles. The van der Waals surface area contributed by atoms with E-state index in [-0.39, 0.29) is 5.91 Å². The third kappa shape index (κ3) is 4.09. The first-order chi connectivity index (χ1) is 12.8. The molecule has 138 valence electrons. The Labute approximate surface area is 158 Å². The van der Waals surface area contributed by atoms with Crippen LogP contribution in [0.2, 0.25) is 0 Å². The van der Waals surface area contributed by atoms with Crippen molar-refractivity contribution in [2.24, 2.45) is 0 Å². The summed E-state index contributed by atoms with van der Waals surface area (Å²) in [6.07, 6.45) is 11.9. The highest BCUT2D eigenvalue weighted by Gasteiger charge is 2.30. The molecule has 0 N–H and O–H groups in total. The van der Waals surface area contributed by atoms with Crippen LogP contribution in [-0.4, -0.2) is 49.4 Å². The molecule has 3 heterocycles. The number of rotatable bonds is 5. The second-order valence-corrected chi connectivity index (χ2v) is 8.03. The maximum Gasteiger partial charge on any atom is 0.233 e. The number of pyridine rings is 1. The summed E-state index contributed by atoms with van der Waals surface area (Å²) in [7, 11) is 0. The molecular formula is C19H25N5OS. The van der Waals surface area contributed by atoms with Crippen molar-refractivity contribution in [3.05, 3.63) is 24.5 Å². The van der Waals surface area contributed by atoms with E-state index in [1.807, 2.05) is 23.2 Å². The fourth-order valence-electron chi connectivity index (χ4n) is 3.44. The van der Waals surface area contributed by atoms with Crippen LogP contribution >= 0.6 is 11.8 Å². The highest BCUT2D eigenvalue weighted by atomic mass is 32.2. The van der Waals surface area contributed by atoms with Crippen LogP contribution in [0.4, 0.5) is 0 Å². The smallest absolute Gasteiger partial charge is 0.233 e. The average Bonchev–Trinajstić information content (AvgIpc) is 3.39. The molecule has 2 aromatic rings. The molecule has 4 rings (SSSR count). The van der Waals surface area contributed by atoms with Crippen LogP contribution in [0.1, 0.15) is 51.0 Å². The van der Waals surface area contributed by atoms with E-state index in [0.29, 0.717) is 11.8 Å². The standard InChI is InChI=1S/C19H25N5OS/c25-17(23-11-4-2-1-3-5-12-23)14-26-19-22-21-18(24(19)16-8-9-16)15-7-6-10-20-13-15/h6-7,10,13,16H,1-5,8-9,11-12,14H2. The lowest BCUT2D eigenvalue weighted by Gasteiger charge is -2.24. The van der Waals surface area contributed by atoms with Crippen LogP contribution in [0.5, 0.6) is 0 Å². The van der Waals surface area contributed by atoms with E-state index in [9.17, 15) is 4.79 Å². The second-order valence-electron chi connectivity index (χ2n) is 7.09. The Morgan fingerprint density at radius 1 is 1.12 bits per heavy atom. The Kier molecular flexibility index (Phi) is 5.53. The van der Waals surface area contributed by atoms with Crippen molar-refractivity contribution in [3.8, 4) is 11.4 Å². The number of amides is 1. The van der Waals surface area contributed by atoms with Gasteiger partial charge in [-0.25, -0.2) is 0 Å². The quantitative estimate of drug-likeness (QED) is 0.752. The third-order valence-electron chi connectivity index (χ3n) is 5.03. The van der Waals surface area contributed by atoms with Gasteiger partial charge in [-0.1, -0.05) is 31.0 Å². The monoisotopic (exact) mass is 371 g/mol. The number of likely N-dealkylation sites (tertiary alicyclic amines) is 1. The van der Waals surface area contributed by atoms with E-state index in [0.717, 1.165) is 55.3 Å². The van der Waals surface area contributed by atoms with Gasteiger partial charge in [0.05, 0.1) is 5.75 Å². The number of carbonyl (C=O) groups excluding carboxylic acids is 1. The summed E-state index contributed by atoms with van der Waals surface area (Å²) in [5.74, 6) is 1.53. The first-order valence-corrected chi connectivity index (χ1v) is 10.6. The molecule has 2 aliphatic rings. The van der Waals surface area contributed by atoms with Crippen LogP contribution in [0.15, 0.2) is 29.7 Å². The summed E-state index contributed by atoms with van der Waals surface area (Å²) < 4.78 is 2.20. The molecule has 0 atom stereocenters. The number of thioether (sulfide) groups is 1. The van der Waals surface area contributed by atoms with Gasteiger partial charge in [0, 0.05) is 37.1 Å². The molecule has 1 aliphatic carbocycles. The molecule has 1 amide bonds. The van der Waals surface area contributed by atoms with Gasteiger partial charge in [0.25, 0.3) is 0 Å². The van der Waals surface area contributed by atoms with Gasteiger partial charge in [0.2, 0.25) is 5.91 Å². The molecule has 0 unspecified atom stereocenters. The van der Waals surface area contributed by atoms with Crippen molar-refractivity contribution in [3.63, 3.8) is 0 Å². The average molecular weight is 372 g/mol. The van der Waals surface area contributed by atoms with E-state index in [1.54, 1.807) is 6.20 Å². The Balaban J connectivity index is 1.45. The fourth-order valence-corrected chi connectivity index (χ4v) is 4.35. The minimum Gasteiger partial charge on any atom is -0.342 e. The SMILES string of the molecule is O=C(CSc1nnc(-c2cccnc2)n1C1CC1)N1CCCCCCC1. The molecule has 6 nitrogen and oxygen atoms in total. The normalized spacial score (nSPS) is 18.4. The molecular weight excluding hydrogens is 346 g/mol. The third-order valence-corrected chi connectivity index (χ3v) is 5.96. The second kappa shape index (κ2) is 8.20. The van der Waals surface area contributed by atoms with Crippen molar-refractivity contribution in [2.45, 2.75) is 56.1 Å². The van der Waals surface area contributed by atoms with Crippen molar-refractivity contribution >= 4 is 17.7 Å². The maximum atomic E-state index is 12.6. The van der Waals surface area contributed by atoms with Gasteiger partial charge in [-0.05, 0) is 37.8 Å². The van der Waals surface area contributed by atoms with Crippen LogP contribution in [-0.2, 0) is 4.79 Å². The lowest BCUT2D eigenvalue weighted by Crippen LogP contribution is -2.35. The highest BCUT2D eigenvalue weighted by molar-refractivity contribution is 7.99. The number of carbonyl (C=O) groups is 1. The van der Waals surface area contributed by atoms with Crippen molar-refractivity contribution in [1.82, 2.24) is 24.6 Å². The molecule has 0 spiro atoms. The molecule has 0 radical (unpaired) electrons. The van der Waals surface area contributed by atoms with Gasteiger partial charge in [-0.15, -0.1) is 10.2 Å². The first kappa shape index (κ1) is 17.5. The van der Waals surface area contributed by atoms with Crippen molar-refractivity contribution < 1.29 is 4.79 Å². The zero-order chi connectivity index (χ0) is 17.8. The summed E-state index contributed by atoms with van der Waals surface area (Å²) in [6, 6.07) is 4.38. The zero-order valence-corrected chi connectivity index (χ0v) is 15.8. The molecule has 0 aromatic carbocycles. The van der Waals surface area contributed by atoms with E-state index >= 15 is 0 Å². The predicted octanol–water partition coefficient (Wildman–Crippen LogP) is 3.56. The molecule has 7 heteroatoms. The summed E-state index contributed by atoms with van der Waals surface area (Å²) in [6.45, 7) is 1.80. The Morgan fingerprint density at radius 2 is 1.88 bits per heavy atom. The highest BCUT2D eigenvalue weighted by Crippen LogP contribution is 2.40. The maximum absolute atomic E-state index is 12.6. The lowest BCUT2D eigenvalue weighted by molar-refractivity contribution is -0.128. The molecule has 0 bridgehead atoms. The van der Waals surface area contributed by atoms with E-state index in [1.165, 1.54) is 31.0 Å². The van der Waals surface area contributed by atoms with Crippen LogP contribution in [0.3, 0.4) is 0 Å². The van der Waals surface area contributed by atoms with Gasteiger partial charge in [0.1, 0.15) is 0 Å². The van der Waals surface area contributed by atoms with E-state index in [4.69, 9.17) is 0 Å². The summed E-state index contributed by atoms with van der Waals surface area (Å²) in [5, 5.41) is 9.63. The molecule has 1 aliphatic heterocycles. The van der Waals surface area contributed by atoms with E-state index in [2.05, 4.69) is 19.7 Å². The molecule has 26 heavy (non-hydrogen) atoms. The van der Waals surface area contributed by atoms with Crippen molar-refractivity contribution in [1.29, 1.82) is 0 Å². The number of nitrogens with zero attached hydrogens (tertiary/aromatic N) is 5. The predicted molar refractivity (Wildman–Crippen MR) is 102 cm³/mol. The molecule has 2 fully saturated rings. The zero-order valence-electron chi connectivity index (χ0n) is 15.0. The van der Waals surface area contributed by atoms with Gasteiger partial charge in [0.15, 0.2) is 11.0 Å². The van der Waals surface area contributed by atoms with E-state index < -0.39 is 0 Å². The van der Waals surface area contributed by atoms with Gasteiger partial charge >= 0.3 is 0 Å². The first-order valence-electron chi connectivity index (χ1n) is 9.59. The van der Waals surface area contributed by atoms with Crippen molar-refractivity contribution in [2.75, 3.05) is 18.8 Å². The molecule has 1 saturated heterocycles. The Hall–Kier alpha value is -1.89. The van der Waals surface area contributed by atoms with Gasteiger partial charge < -0.3 is 4.90 Å². The van der Waals surface area contributed by atoms with Gasteiger partial charge in [-0.2, -0.15) is 0 Å². The Bertz CT molecular complexity index is 736. The summed E-state index contributed by atoms with van der Waals surface area (Å²) in [4.78, 5) is 18.9. The summed E-state index contributed by atoms with van der Waals surface area (Å²) in [5.41, 5.74) is 0.980. The van der Waals surface area contributed by atoms with Gasteiger partial charge in [-0.3, -0.25) is 14.3 Å². The largest absolute Gasteiger partial charge is 0.342 e. The lowest BCUT2D eigenvalue weighted by atomic mass is 10.1. The van der Waals surface area contributed by atoms with Crippen LogP contribution in [0, 0.1) is 0 Å². The number of hydrogen-bond acceptors (Lipinski definition) is 5. The Morgan fingerprint density at radius 3 is 2.58 bits per heavy atom. The van der Waals surface area contributed by atoms with Crippen LogP contribution in [0.25, 0.3) is 11.4 Å². The van der Waals surface area contributed by atoms with Crippen LogP contribution < -0.4 is 0 Å². The fraction of sp³-hybridized carbons (Fsp3) is 0.579. The number of hydrogen-bond donors (Lipinski definition) is 0. The topological polar surface area (TPSA) is 63.9 Å². The molecule has 2 aromatic heterocycles. The minimum absolute atomic E-state index is 0.227. The summed E-state index contributed by atoms with van der Waals surface area (Å²) >= 11 is 1.52.